The Morgan fingerprint density at radius 2 is 2.13 bits per heavy atom. The van der Waals surface area contributed by atoms with Crippen LogP contribution in [-0.2, 0) is 24.8 Å². The number of carbonyl (C=O) groups is 1. The fraction of sp³-hybridized carbons (Fsp3) is 0.464. The molecule has 10 heteroatoms. The predicted molar refractivity (Wildman–Crippen MR) is 141 cm³/mol. The Morgan fingerprint density at radius 1 is 1.26 bits per heavy atom. The van der Waals surface area contributed by atoms with Crippen molar-refractivity contribution in [3.63, 3.8) is 0 Å². The smallest absolute Gasteiger partial charge is 0.255 e. The fourth-order valence-corrected chi connectivity index (χ4v) is 5.82. The van der Waals surface area contributed by atoms with Crippen LogP contribution < -0.4 is 10.1 Å². The Morgan fingerprint density at radius 3 is 2.89 bits per heavy atom. The van der Waals surface area contributed by atoms with Crippen LogP contribution in [0.15, 0.2) is 30.3 Å². The Hall–Kier alpha value is -3.50. The van der Waals surface area contributed by atoms with Crippen LogP contribution in [0.25, 0.3) is 33.6 Å². The molecule has 1 unspecified atom stereocenters. The molecule has 1 N–H and O–H groups in total. The molecule has 1 aromatic carbocycles. The number of aryl methyl sites for hydroxylation is 1. The third-order valence-electron chi connectivity index (χ3n) is 8.07. The predicted octanol–water partition coefficient (Wildman–Crippen LogP) is 3.09. The van der Waals surface area contributed by atoms with Gasteiger partial charge in [0.2, 0.25) is 0 Å². The number of carbonyl (C=O) groups excluding carboxylic acids is 1. The Labute approximate surface area is 219 Å². The number of nitrogens with one attached hydrogen (secondary N) is 1. The lowest BCUT2D eigenvalue weighted by atomic mass is 10.0. The van der Waals surface area contributed by atoms with Crippen molar-refractivity contribution >= 4 is 28.0 Å². The van der Waals surface area contributed by atoms with E-state index in [2.05, 4.69) is 5.32 Å². The van der Waals surface area contributed by atoms with Crippen LogP contribution in [0.4, 0.5) is 4.39 Å². The molecule has 4 aromatic rings. The molecule has 2 fully saturated rings. The van der Waals surface area contributed by atoms with Gasteiger partial charge in [-0.25, -0.2) is 14.4 Å². The van der Waals surface area contributed by atoms with Crippen LogP contribution in [-0.4, -0.2) is 81.6 Å². The molecule has 7 rings (SSSR count). The molecule has 0 bridgehead atoms. The number of morpholine rings is 1. The first kappa shape index (κ1) is 23.6. The number of alkyl halides is 1. The number of hydrogen-bond donors (Lipinski definition) is 1. The maximum Gasteiger partial charge on any atom is 0.255 e. The quantitative estimate of drug-likeness (QED) is 0.422. The number of para-hydroxylation sites is 1. The van der Waals surface area contributed by atoms with Crippen molar-refractivity contribution in [3.8, 4) is 17.3 Å². The molecular formula is C28H31FN6O3. The number of imidazole rings is 1. The van der Waals surface area contributed by atoms with E-state index in [9.17, 15) is 4.79 Å². The number of halogens is 1. The number of rotatable bonds is 6. The van der Waals surface area contributed by atoms with E-state index in [4.69, 9.17) is 19.4 Å². The summed E-state index contributed by atoms with van der Waals surface area (Å²) >= 11 is 0. The first-order chi connectivity index (χ1) is 18.4. The number of pyridine rings is 1. The van der Waals surface area contributed by atoms with Gasteiger partial charge >= 0.3 is 0 Å². The van der Waals surface area contributed by atoms with Gasteiger partial charge in [0, 0.05) is 44.5 Å². The molecule has 198 valence electrons. The van der Waals surface area contributed by atoms with E-state index < -0.39 is 5.67 Å². The average Bonchev–Trinajstić information content (AvgIpc) is 3.43. The second-order valence-electron chi connectivity index (χ2n) is 10.7. The van der Waals surface area contributed by atoms with Gasteiger partial charge in [-0.05, 0) is 31.0 Å². The van der Waals surface area contributed by atoms with Gasteiger partial charge in [0.05, 0.1) is 49.3 Å². The Bertz CT molecular complexity index is 1570. The van der Waals surface area contributed by atoms with Crippen LogP contribution in [0.5, 0.6) is 5.75 Å². The van der Waals surface area contributed by atoms with E-state index in [1.807, 2.05) is 51.4 Å². The lowest BCUT2D eigenvalue weighted by Gasteiger charge is -2.33. The van der Waals surface area contributed by atoms with Crippen LogP contribution in [0.1, 0.15) is 28.9 Å². The molecule has 1 atom stereocenters. The van der Waals surface area contributed by atoms with E-state index in [0.717, 1.165) is 28.8 Å². The minimum atomic E-state index is -1.21. The summed E-state index contributed by atoms with van der Waals surface area (Å²) < 4.78 is 30.3. The first-order valence-corrected chi connectivity index (χ1v) is 13.3. The zero-order valence-corrected chi connectivity index (χ0v) is 21.7. The summed E-state index contributed by atoms with van der Waals surface area (Å²) in [5.41, 5.74) is 3.23. The monoisotopic (exact) mass is 518 g/mol. The van der Waals surface area contributed by atoms with Crippen LogP contribution >= 0.6 is 0 Å². The Balaban J connectivity index is 1.30. The van der Waals surface area contributed by atoms with Gasteiger partial charge in [-0.15, -0.1) is 0 Å². The van der Waals surface area contributed by atoms with Crippen molar-refractivity contribution < 1.29 is 18.7 Å². The second-order valence-corrected chi connectivity index (χ2v) is 10.7. The van der Waals surface area contributed by atoms with E-state index >= 15 is 4.39 Å². The molecule has 1 amide bonds. The molecule has 3 aromatic heterocycles. The third-order valence-corrected chi connectivity index (χ3v) is 8.07. The van der Waals surface area contributed by atoms with Crippen molar-refractivity contribution in [2.24, 2.45) is 7.05 Å². The number of methoxy groups -OCH3 is 1. The highest BCUT2D eigenvalue weighted by molar-refractivity contribution is 5.99. The SMILES string of the molecule is COc1cccc2cc(-c3nc4cc5c(nc4n3C)CCN(CC3COCCN3)C5=O)n(CC3(F)CC3)c12. The number of fused-ring (bicyclic) bond motifs is 3. The molecule has 1 aliphatic carbocycles. The van der Waals surface area contributed by atoms with Crippen molar-refractivity contribution in [1.29, 1.82) is 0 Å². The molecule has 1 saturated carbocycles. The number of benzene rings is 1. The highest BCUT2D eigenvalue weighted by Crippen LogP contribution is 2.44. The van der Waals surface area contributed by atoms with E-state index in [1.165, 1.54) is 0 Å². The number of ether oxygens (including phenoxy) is 2. The molecule has 38 heavy (non-hydrogen) atoms. The maximum absolute atomic E-state index is 15.1. The zero-order valence-electron chi connectivity index (χ0n) is 21.7. The number of amides is 1. The van der Waals surface area contributed by atoms with Gasteiger partial charge in [-0.2, -0.15) is 0 Å². The van der Waals surface area contributed by atoms with E-state index in [-0.39, 0.29) is 18.5 Å². The van der Waals surface area contributed by atoms with Gasteiger partial charge in [0.25, 0.3) is 5.91 Å². The Kier molecular flexibility index (Phi) is 5.45. The van der Waals surface area contributed by atoms with Crippen LogP contribution in [0.3, 0.4) is 0 Å². The molecule has 5 heterocycles. The topological polar surface area (TPSA) is 86.4 Å². The van der Waals surface area contributed by atoms with Crippen molar-refractivity contribution in [1.82, 2.24) is 29.3 Å². The van der Waals surface area contributed by atoms with Crippen LogP contribution in [0, 0.1) is 0 Å². The molecule has 9 nitrogen and oxygen atoms in total. The molecular weight excluding hydrogens is 487 g/mol. The van der Waals surface area contributed by atoms with Gasteiger partial charge in [0.1, 0.15) is 16.9 Å². The van der Waals surface area contributed by atoms with Gasteiger partial charge < -0.3 is 28.8 Å². The summed E-state index contributed by atoms with van der Waals surface area (Å²) in [7, 11) is 3.56. The minimum Gasteiger partial charge on any atom is -0.495 e. The van der Waals surface area contributed by atoms with Gasteiger partial charge in [0.15, 0.2) is 11.5 Å². The number of aromatic nitrogens is 4. The first-order valence-electron chi connectivity index (χ1n) is 13.3. The van der Waals surface area contributed by atoms with Crippen molar-refractivity contribution in [2.75, 3.05) is 40.0 Å². The third kappa shape index (κ3) is 3.85. The van der Waals surface area contributed by atoms with E-state index in [0.29, 0.717) is 73.9 Å². The number of nitrogens with zero attached hydrogens (tertiary/aromatic N) is 5. The second kappa shape index (κ2) is 8.78. The van der Waals surface area contributed by atoms with Gasteiger partial charge in [-0.1, -0.05) is 12.1 Å². The summed E-state index contributed by atoms with van der Waals surface area (Å²) in [4.78, 5) is 25.1. The molecule has 0 radical (unpaired) electrons. The normalized spacial score (nSPS) is 20.8. The zero-order chi connectivity index (χ0) is 26.0. The summed E-state index contributed by atoms with van der Waals surface area (Å²) in [6, 6.07) is 9.89. The minimum absolute atomic E-state index is 0.0211. The highest BCUT2D eigenvalue weighted by Gasteiger charge is 2.44. The summed E-state index contributed by atoms with van der Waals surface area (Å²) in [6.07, 6.45) is 1.80. The molecule has 3 aliphatic rings. The standard InChI is InChI=1S/C28H31FN6O3/c1-33-25-21(13-19-20(31-25)6-10-34(27(19)36)14-18-15-38-11-9-30-18)32-26(33)22-12-17-4-3-5-23(37-2)24(17)35(22)16-28(29)7-8-28/h3-5,12-13,18,30H,6-11,14-16H2,1-2H3. The molecule has 1 saturated heterocycles. The van der Waals surface area contributed by atoms with Crippen molar-refractivity contribution in [3.05, 3.63) is 41.6 Å². The van der Waals surface area contributed by atoms with Crippen LogP contribution in [0.2, 0.25) is 0 Å². The summed E-state index contributed by atoms with van der Waals surface area (Å²) in [5, 5.41) is 4.39. The summed E-state index contributed by atoms with van der Waals surface area (Å²) in [5.74, 6) is 1.37. The average molecular weight is 519 g/mol. The highest BCUT2D eigenvalue weighted by atomic mass is 19.1. The van der Waals surface area contributed by atoms with Gasteiger partial charge in [-0.3, -0.25) is 4.79 Å². The molecule has 2 aliphatic heterocycles. The number of hydrogen-bond acceptors (Lipinski definition) is 6. The summed E-state index contributed by atoms with van der Waals surface area (Å²) in [6.45, 7) is 3.59. The molecule has 0 spiro atoms. The largest absolute Gasteiger partial charge is 0.495 e. The fourth-order valence-electron chi connectivity index (χ4n) is 5.82. The lowest BCUT2D eigenvalue weighted by molar-refractivity contribution is 0.0510. The van der Waals surface area contributed by atoms with Crippen molar-refractivity contribution in [2.45, 2.75) is 37.5 Å². The maximum atomic E-state index is 15.1. The van der Waals surface area contributed by atoms with E-state index in [1.54, 1.807) is 7.11 Å². The lowest BCUT2D eigenvalue weighted by Crippen LogP contribution is -2.51.